The van der Waals surface area contributed by atoms with Crippen LogP contribution in [0.5, 0.6) is 0 Å². The third-order valence-electron chi connectivity index (χ3n) is 3.42. The zero-order valence-electron chi connectivity index (χ0n) is 10.6. The van der Waals surface area contributed by atoms with E-state index in [0.717, 1.165) is 30.7 Å². The van der Waals surface area contributed by atoms with Gasteiger partial charge in [-0.15, -0.1) is 0 Å². The highest BCUT2D eigenvalue weighted by Crippen LogP contribution is 2.15. The van der Waals surface area contributed by atoms with Crippen LogP contribution in [0.3, 0.4) is 0 Å². The van der Waals surface area contributed by atoms with Crippen molar-refractivity contribution in [1.82, 2.24) is 14.8 Å². The van der Waals surface area contributed by atoms with Crippen LogP contribution in [-0.4, -0.2) is 47.0 Å². The quantitative estimate of drug-likeness (QED) is 0.854. The minimum atomic E-state index is 0.661. The second-order valence-corrected chi connectivity index (χ2v) is 5.64. The van der Waals surface area contributed by atoms with Gasteiger partial charge in [-0.2, -0.15) is 0 Å². The summed E-state index contributed by atoms with van der Waals surface area (Å²) >= 11 is 3.47. The fourth-order valence-corrected chi connectivity index (χ4v) is 2.90. The first-order chi connectivity index (χ1) is 8.19. The molecule has 0 N–H and O–H groups in total. The second-order valence-electron chi connectivity index (χ2n) is 4.72. The standard InChI is InChI=1S/C13H20BrN3/c1-3-17-5-4-16(9-11(17)2)10-12-6-13(14)8-15-7-12/h6-8,11H,3-5,9-10H2,1-2H3. The van der Waals surface area contributed by atoms with Gasteiger partial charge >= 0.3 is 0 Å². The number of likely N-dealkylation sites (N-methyl/N-ethyl adjacent to an activating group) is 1. The van der Waals surface area contributed by atoms with Gasteiger partial charge in [-0.1, -0.05) is 6.92 Å². The fraction of sp³-hybridized carbons (Fsp3) is 0.615. The van der Waals surface area contributed by atoms with E-state index in [9.17, 15) is 0 Å². The average Bonchev–Trinajstić information content (AvgIpc) is 2.29. The lowest BCUT2D eigenvalue weighted by atomic mass is 10.1. The van der Waals surface area contributed by atoms with E-state index in [1.54, 1.807) is 0 Å². The van der Waals surface area contributed by atoms with Gasteiger partial charge in [0, 0.05) is 49.1 Å². The minimum Gasteiger partial charge on any atom is -0.298 e. The molecule has 0 aliphatic carbocycles. The van der Waals surface area contributed by atoms with Crippen molar-refractivity contribution < 1.29 is 0 Å². The molecular formula is C13H20BrN3. The predicted octanol–water partition coefficient (Wildman–Crippen LogP) is 2.37. The summed E-state index contributed by atoms with van der Waals surface area (Å²) in [6.45, 7) is 10.2. The summed E-state index contributed by atoms with van der Waals surface area (Å²) in [6.07, 6.45) is 3.79. The molecule has 0 bridgehead atoms. The highest BCUT2D eigenvalue weighted by Gasteiger charge is 2.22. The molecule has 1 aliphatic heterocycles. The average molecular weight is 298 g/mol. The topological polar surface area (TPSA) is 19.4 Å². The summed E-state index contributed by atoms with van der Waals surface area (Å²) < 4.78 is 1.07. The lowest BCUT2D eigenvalue weighted by Gasteiger charge is -2.39. The molecule has 1 atom stereocenters. The van der Waals surface area contributed by atoms with Crippen LogP contribution in [-0.2, 0) is 6.54 Å². The Morgan fingerprint density at radius 3 is 2.88 bits per heavy atom. The van der Waals surface area contributed by atoms with E-state index in [2.05, 4.69) is 50.6 Å². The fourth-order valence-electron chi connectivity index (χ4n) is 2.48. The van der Waals surface area contributed by atoms with Gasteiger partial charge in [0.2, 0.25) is 0 Å². The van der Waals surface area contributed by atoms with Gasteiger partial charge in [-0.25, -0.2) is 0 Å². The Hall–Kier alpha value is -0.450. The van der Waals surface area contributed by atoms with Gasteiger partial charge in [0.15, 0.2) is 0 Å². The zero-order chi connectivity index (χ0) is 12.3. The predicted molar refractivity (Wildman–Crippen MR) is 73.9 cm³/mol. The van der Waals surface area contributed by atoms with Crippen molar-refractivity contribution in [3.8, 4) is 0 Å². The smallest absolute Gasteiger partial charge is 0.0410 e. The van der Waals surface area contributed by atoms with Crippen molar-refractivity contribution in [3.63, 3.8) is 0 Å². The van der Waals surface area contributed by atoms with Crippen molar-refractivity contribution in [2.45, 2.75) is 26.4 Å². The van der Waals surface area contributed by atoms with Gasteiger partial charge in [0.25, 0.3) is 0 Å². The number of hydrogen-bond donors (Lipinski definition) is 0. The molecule has 0 aromatic carbocycles. The highest BCUT2D eigenvalue weighted by molar-refractivity contribution is 9.10. The molecule has 1 aromatic rings. The number of pyridine rings is 1. The van der Waals surface area contributed by atoms with E-state index in [-0.39, 0.29) is 0 Å². The van der Waals surface area contributed by atoms with Crippen molar-refractivity contribution in [3.05, 3.63) is 28.5 Å². The van der Waals surface area contributed by atoms with Gasteiger partial charge in [-0.05, 0) is 41.0 Å². The number of nitrogens with zero attached hydrogens (tertiary/aromatic N) is 3. The number of aromatic nitrogens is 1. The molecule has 1 aliphatic rings. The Balaban J connectivity index is 1.93. The molecule has 94 valence electrons. The van der Waals surface area contributed by atoms with Gasteiger partial charge in [0.1, 0.15) is 0 Å². The highest BCUT2D eigenvalue weighted by atomic mass is 79.9. The molecule has 1 saturated heterocycles. The van der Waals surface area contributed by atoms with Gasteiger partial charge in [-0.3, -0.25) is 14.8 Å². The van der Waals surface area contributed by atoms with Gasteiger partial charge < -0.3 is 0 Å². The van der Waals surface area contributed by atoms with Crippen LogP contribution in [0.4, 0.5) is 0 Å². The van der Waals surface area contributed by atoms with Crippen LogP contribution in [0.25, 0.3) is 0 Å². The maximum Gasteiger partial charge on any atom is 0.0410 e. The number of rotatable bonds is 3. The molecule has 0 saturated carbocycles. The maximum absolute atomic E-state index is 4.22. The summed E-state index contributed by atoms with van der Waals surface area (Å²) in [5.74, 6) is 0. The van der Waals surface area contributed by atoms with Crippen LogP contribution in [0, 0.1) is 0 Å². The van der Waals surface area contributed by atoms with Crippen LogP contribution in [0.15, 0.2) is 22.9 Å². The van der Waals surface area contributed by atoms with E-state index in [1.165, 1.54) is 12.1 Å². The molecule has 2 heterocycles. The van der Waals surface area contributed by atoms with Crippen molar-refractivity contribution >= 4 is 15.9 Å². The molecule has 1 fully saturated rings. The molecule has 1 unspecified atom stereocenters. The van der Waals surface area contributed by atoms with Crippen molar-refractivity contribution in [2.75, 3.05) is 26.2 Å². The summed E-state index contributed by atoms with van der Waals surface area (Å²) in [5.41, 5.74) is 1.29. The molecule has 17 heavy (non-hydrogen) atoms. The first kappa shape index (κ1) is 13.0. The van der Waals surface area contributed by atoms with Crippen LogP contribution in [0.1, 0.15) is 19.4 Å². The Morgan fingerprint density at radius 2 is 2.24 bits per heavy atom. The lowest BCUT2D eigenvalue weighted by Crippen LogP contribution is -2.51. The third-order valence-corrected chi connectivity index (χ3v) is 3.86. The van der Waals surface area contributed by atoms with E-state index in [4.69, 9.17) is 0 Å². The van der Waals surface area contributed by atoms with Crippen molar-refractivity contribution in [1.29, 1.82) is 0 Å². The maximum atomic E-state index is 4.22. The molecule has 0 amide bonds. The van der Waals surface area contributed by atoms with E-state index in [1.807, 2.05) is 12.4 Å². The van der Waals surface area contributed by atoms with E-state index in [0.29, 0.717) is 6.04 Å². The first-order valence-electron chi connectivity index (χ1n) is 6.25. The number of piperazine rings is 1. The third kappa shape index (κ3) is 3.50. The number of halogens is 1. The van der Waals surface area contributed by atoms with Gasteiger partial charge in [0.05, 0.1) is 0 Å². The molecule has 0 spiro atoms. The second kappa shape index (κ2) is 5.94. The minimum absolute atomic E-state index is 0.661. The van der Waals surface area contributed by atoms with Crippen LogP contribution in [0.2, 0.25) is 0 Å². The van der Waals surface area contributed by atoms with Crippen LogP contribution < -0.4 is 0 Å². The van der Waals surface area contributed by atoms with Crippen LogP contribution >= 0.6 is 15.9 Å². The summed E-state index contributed by atoms with van der Waals surface area (Å²) in [7, 11) is 0. The van der Waals surface area contributed by atoms with Crippen molar-refractivity contribution in [2.24, 2.45) is 0 Å². The van der Waals surface area contributed by atoms with E-state index >= 15 is 0 Å². The Morgan fingerprint density at radius 1 is 1.41 bits per heavy atom. The summed E-state index contributed by atoms with van der Waals surface area (Å²) in [5, 5.41) is 0. The molecule has 0 radical (unpaired) electrons. The summed E-state index contributed by atoms with van der Waals surface area (Å²) in [6, 6.07) is 2.82. The Bertz CT molecular complexity index is 369. The Kier molecular flexibility index (Phi) is 4.54. The zero-order valence-corrected chi connectivity index (χ0v) is 12.2. The first-order valence-corrected chi connectivity index (χ1v) is 7.04. The molecule has 4 heteroatoms. The number of hydrogen-bond acceptors (Lipinski definition) is 3. The summed E-state index contributed by atoms with van der Waals surface area (Å²) in [4.78, 5) is 9.27. The van der Waals surface area contributed by atoms with E-state index < -0.39 is 0 Å². The molecule has 3 nitrogen and oxygen atoms in total. The molecule has 2 rings (SSSR count). The Labute approximate surface area is 112 Å². The molecular weight excluding hydrogens is 278 g/mol. The lowest BCUT2D eigenvalue weighted by molar-refractivity contribution is 0.0834. The SMILES string of the molecule is CCN1CCN(Cc2cncc(Br)c2)CC1C. The molecule has 1 aromatic heterocycles. The monoisotopic (exact) mass is 297 g/mol. The normalized spacial score (nSPS) is 22.9. The largest absolute Gasteiger partial charge is 0.298 e.